The Morgan fingerprint density at radius 2 is 1.76 bits per heavy atom. The summed E-state index contributed by atoms with van der Waals surface area (Å²) < 4.78 is 26.7. The lowest BCUT2D eigenvalue weighted by Crippen LogP contribution is -2.29. The first-order valence-corrected chi connectivity index (χ1v) is 19.5. The molecule has 0 unspecified atom stereocenters. The van der Waals surface area contributed by atoms with Gasteiger partial charge >= 0.3 is 0 Å². The first kappa shape index (κ1) is 35.6. The van der Waals surface area contributed by atoms with Gasteiger partial charge in [0.15, 0.2) is 0 Å². The molecule has 1 aromatic heterocycles. The molecular formula is C41H50N4O4S. The molecule has 1 aliphatic heterocycles. The number of hydrogen-bond donors (Lipinski definition) is 1. The number of unbranched alkanes of at least 4 members (excludes halogenated alkanes) is 1. The lowest BCUT2D eigenvalue weighted by molar-refractivity contribution is -0.112. The molecule has 0 saturated heterocycles. The Morgan fingerprint density at radius 1 is 0.960 bits per heavy atom. The fourth-order valence-electron chi connectivity index (χ4n) is 6.30. The minimum Gasteiger partial charge on any atom is -0.491 e. The van der Waals surface area contributed by atoms with Gasteiger partial charge in [-0.1, -0.05) is 38.5 Å². The summed E-state index contributed by atoms with van der Waals surface area (Å²) in [5, 5.41) is 3.11. The largest absolute Gasteiger partial charge is 0.491 e. The second-order valence-electron chi connectivity index (χ2n) is 13.3. The Hall–Kier alpha value is -4.21. The number of imidazole rings is 1. The molecule has 4 aromatic rings. The molecule has 1 N–H and O–H groups in total. The van der Waals surface area contributed by atoms with E-state index in [1.807, 2.05) is 36.4 Å². The zero-order valence-electron chi connectivity index (χ0n) is 29.4. The van der Waals surface area contributed by atoms with E-state index in [-0.39, 0.29) is 5.91 Å². The number of benzene rings is 3. The Bertz CT molecular complexity index is 1760. The van der Waals surface area contributed by atoms with Crippen molar-refractivity contribution in [1.29, 1.82) is 0 Å². The summed E-state index contributed by atoms with van der Waals surface area (Å²) in [6.45, 7) is 9.00. The highest BCUT2D eigenvalue weighted by molar-refractivity contribution is 7.84. The average Bonchev–Trinajstić information content (AvgIpc) is 3.85. The maximum atomic E-state index is 13.7. The molecular weight excluding hydrogens is 645 g/mol. The number of amides is 1. The molecule has 0 bridgehead atoms. The van der Waals surface area contributed by atoms with Gasteiger partial charge in [0.2, 0.25) is 0 Å². The monoisotopic (exact) mass is 694 g/mol. The van der Waals surface area contributed by atoms with Crippen molar-refractivity contribution < 1.29 is 18.5 Å². The van der Waals surface area contributed by atoms with Gasteiger partial charge in [-0.05, 0) is 116 Å². The van der Waals surface area contributed by atoms with Crippen molar-refractivity contribution in [3.05, 3.63) is 96.1 Å². The highest BCUT2D eigenvalue weighted by Crippen LogP contribution is 2.36. The van der Waals surface area contributed by atoms with Crippen LogP contribution in [0, 0.1) is 5.92 Å². The maximum absolute atomic E-state index is 13.7. The van der Waals surface area contributed by atoms with Gasteiger partial charge in [-0.25, -0.2) is 4.98 Å². The van der Waals surface area contributed by atoms with Crippen molar-refractivity contribution >= 4 is 34.2 Å². The van der Waals surface area contributed by atoms with Crippen molar-refractivity contribution in [3.8, 4) is 16.9 Å². The van der Waals surface area contributed by atoms with Crippen molar-refractivity contribution in [3.63, 3.8) is 0 Å². The van der Waals surface area contributed by atoms with Crippen molar-refractivity contribution in [2.75, 3.05) is 43.1 Å². The standard InChI is InChI=1S/C41H50N4O4S/c1-3-5-22-48-23-24-49-38-15-10-32(11-16-38)33-12-19-40-35(25-33)26-34(7-6-21-44(40)28-31-8-9-31)41(46)43-36-13-17-39(18-14-36)50(47)29-37-27-42-30-45(37)20-4-2/h10-19,25-27,30-31H,3-9,20-24,28-29H2,1-2H3,(H,43,46)/b34-26+/t50-/m0/s1. The van der Waals surface area contributed by atoms with Crippen molar-refractivity contribution in [2.24, 2.45) is 5.92 Å². The van der Waals surface area contributed by atoms with Gasteiger partial charge in [0.1, 0.15) is 12.4 Å². The summed E-state index contributed by atoms with van der Waals surface area (Å²) in [6, 6.07) is 22.2. The van der Waals surface area contributed by atoms with E-state index < -0.39 is 10.8 Å². The zero-order valence-corrected chi connectivity index (χ0v) is 30.3. The van der Waals surface area contributed by atoms with Crippen LogP contribution in [-0.2, 0) is 32.6 Å². The number of anilines is 2. The number of carbonyl (C=O) groups is 1. The third-order valence-corrected chi connectivity index (χ3v) is 10.6. The van der Waals surface area contributed by atoms with Crippen molar-refractivity contribution in [2.45, 2.75) is 76.0 Å². The molecule has 3 aromatic carbocycles. The van der Waals surface area contributed by atoms with E-state index in [9.17, 15) is 9.00 Å². The van der Waals surface area contributed by atoms with E-state index in [1.54, 1.807) is 12.5 Å². The van der Waals surface area contributed by atoms with Gasteiger partial charge < -0.3 is 24.3 Å². The third-order valence-electron chi connectivity index (χ3n) is 9.28. The molecule has 9 heteroatoms. The minimum atomic E-state index is -1.21. The number of rotatable bonds is 17. The molecule has 1 fully saturated rings. The van der Waals surface area contributed by atoms with Crippen LogP contribution in [0.25, 0.3) is 17.2 Å². The topological polar surface area (TPSA) is 85.7 Å². The van der Waals surface area contributed by atoms with Gasteiger partial charge in [-0.2, -0.15) is 0 Å². The molecule has 0 radical (unpaired) electrons. The molecule has 2 heterocycles. The summed E-state index contributed by atoms with van der Waals surface area (Å²) in [5.41, 5.74) is 6.85. The van der Waals surface area contributed by atoms with Crippen LogP contribution in [0.1, 0.15) is 70.1 Å². The molecule has 1 aliphatic carbocycles. The summed E-state index contributed by atoms with van der Waals surface area (Å²) in [7, 11) is -1.21. The molecule has 1 atom stereocenters. The van der Waals surface area contributed by atoms with Crippen LogP contribution in [0.3, 0.4) is 0 Å². The van der Waals surface area contributed by atoms with Gasteiger partial charge in [-0.3, -0.25) is 9.00 Å². The highest BCUT2D eigenvalue weighted by atomic mass is 32.2. The normalized spacial score (nSPS) is 16.1. The lowest BCUT2D eigenvalue weighted by Gasteiger charge is -2.29. The summed E-state index contributed by atoms with van der Waals surface area (Å²) in [6.07, 6.45) is 13.0. The second-order valence-corrected chi connectivity index (χ2v) is 14.8. The number of hydrogen-bond acceptors (Lipinski definition) is 6. The van der Waals surface area contributed by atoms with Crippen LogP contribution in [0.2, 0.25) is 0 Å². The SMILES string of the molecule is CCCCOCCOc1ccc(-c2ccc3c(c2)/C=C(/C(=O)Nc2ccc([S@@](=O)Cc4cncn4CCC)cc2)CCCN3CC2CC2)cc1. The van der Waals surface area contributed by atoms with Gasteiger partial charge in [0.05, 0.1) is 35.2 Å². The molecule has 6 rings (SSSR count). The number of nitrogens with one attached hydrogen (secondary N) is 1. The number of nitrogens with zero attached hydrogens (tertiary/aromatic N) is 3. The van der Waals surface area contributed by atoms with E-state index in [2.05, 4.69) is 70.0 Å². The summed E-state index contributed by atoms with van der Waals surface area (Å²) >= 11 is 0. The number of aryl methyl sites for hydroxylation is 1. The predicted molar refractivity (Wildman–Crippen MR) is 203 cm³/mol. The number of fused-ring (bicyclic) bond motifs is 1. The number of carbonyl (C=O) groups excluding carboxylic acids is 1. The Kier molecular flexibility index (Phi) is 12.6. The Labute approximate surface area is 299 Å². The van der Waals surface area contributed by atoms with E-state index in [0.717, 1.165) is 96.4 Å². The van der Waals surface area contributed by atoms with Gasteiger partial charge in [0.25, 0.3) is 5.91 Å². The Balaban J connectivity index is 1.15. The molecule has 264 valence electrons. The van der Waals surface area contributed by atoms with Crippen LogP contribution in [-0.4, -0.2) is 52.6 Å². The van der Waals surface area contributed by atoms with E-state index in [0.29, 0.717) is 31.1 Å². The summed E-state index contributed by atoms with van der Waals surface area (Å²) in [5.74, 6) is 1.89. The van der Waals surface area contributed by atoms with Crippen LogP contribution >= 0.6 is 0 Å². The fraction of sp³-hybridized carbons (Fsp3) is 0.415. The van der Waals surface area contributed by atoms with Crippen LogP contribution in [0.15, 0.2) is 89.7 Å². The molecule has 8 nitrogen and oxygen atoms in total. The molecule has 0 spiro atoms. The lowest BCUT2D eigenvalue weighted by atomic mass is 9.96. The second kappa shape index (κ2) is 17.6. The average molecular weight is 695 g/mol. The molecule has 2 aliphatic rings. The first-order valence-electron chi connectivity index (χ1n) is 18.2. The van der Waals surface area contributed by atoms with Crippen LogP contribution < -0.4 is 15.0 Å². The third kappa shape index (κ3) is 9.73. The smallest absolute Gasteiger partial charge is 0.251 e. The van der Waals surface area contributed by atoms with E-state index in [4.69, 9.17) is 9.47 Å². The molecule has 1 amide bonds. The maximum Gasteiger partial charge on any atom is 0.251 e. The molecule has 50 heavy (non-hydrogen) atoms. The van der Waals surface area contributed by atoms with Gasteiger partial charge in [-0.15, -0.1) is 0 Å². The minimum absolute atomic E-state index is 0.102. The number of aromatic nitrogens is 2. The number of ether oxygens (including phenoxy) is 2. The highest BCUT2D eigenvalue weighted by Gasteiger charge is 2.26. The van der Waals surface area contributed by atoms with Gasteiger partial charge in [0, 0.05) is 54.3 Å². The first-order chi connectivity index (χ1) is 24.5. The van der Waals surface area contributed by atoms with Crippen LogP contribution in [0.5, 0.6) is 5.75 Å². The summed E-state index contributed by atoms with van der Waals surface area (Å²) in [4.78, 5) is 21.2. The fourth-order valence-corrected chi connectivity index (χ4v) is 7.41. The Morgan fingerprint density at radius 3 is 2.52 bits per heavy atom. The van der Waals surface area contributed by atoms with Crippen molar-refractivity contribution in [1.82, 2.24) is 9.55 Å². The quantitative estimate of drug-likeness (QED) is 0.112. The molecule has 1 saturated carbocycles. The van der Waals surface area contributed by atoms with E-state index >= 15 is 0 Å². The predicted octanol–water partition coefficient (Wildman–Crippen LogP) is 8.50. The van der Waals surface area contributed by atoms with Crippen LogP contribution in [0.4, 0.5) is 11.4 Å². The van der Waals surface area contributed by atoms with E-state index in [1.165, 1.54) is 18.5 Å². The zero-order chi connectivity index (χ0) is 34.7.